The van der Waals surface area contributed by atoms with Gasteiger partial charge >= 0.3 is 289 Å². The number of hydrogen-bond acceptors (Lipinski definition) is 0. The Balaban J connectivity index is 1.23. The van der Waals surface area contributed by atoms with Crippen LogP contribution in [0.15, 0.2) is 206 Å². The first-order valence-electron chi connectivity index (χ1n) is 17.6. The molecule has 3 heteroatoms. The average Bonchev–Trinajstić information content (AvgIpc) is 3.72. The first-order valence-corrected chi connectivity index (χ1v) is 21.8. The Kier molecular flexibility index (Phi) is 7.04. The maximum atomic E-state index is 2.49. The van der Waals surface area contributed by atoms with Crippen molar-refractivity contribution >= 4 is 74.5 Å². The molecular formula is C48H34GeN2. The predicted molar refractivity (Wildman–Crippen MR) is 219 cm³/mol. The average molecular weight is 711 g/mol. The molecule has 0 spiro atoms. The van der Waals surface area contributed by atoms with E-state index in [1.54, 1.807) is 0 Å². The topological polar surface area (TPSA) is 9.86 Å². The van der Waals surface area contributed by atoms with Gasteiger partial charge in [0.2, 0.25) is 0 Å². The molecule has 0 aliphatic rings. The molecule has 0 amide bonds. The van der Waals surface area contributed by atoms with E-state index in [4.69, 9.17) is 0 Å². The van der Waals surface area contributed by atoms with Gasteiger partial charge in [-0.05, 0) is 0 Å². The van der Waals surface area contributed by atoms with Gasteiger partial charge in [-0.3, -0.25) is 0 Å². The Morgan fingerprint density at radius 3 is 1.12 bits per heavy atom. The molecule has 0 aliphatic heterocycles. The van der Waals surface area contributed by atoms with Crippen molar-refractivity contribution in [1.29, 1.82) is 0 Å². The van der Waals surface area contributed by atoms with Crippen molar-refractivity contribution in [2.45, 2.75) is 0 Å². The first kappa shape index (κ1) is 29.8. The van der Waals surface area contributed by atoms with Crippen LogP contribution in [0.2, 0.25) is 0 Å². The number of para-hydroxylation sites is 3. The van der Waals surface area contributed by atoms with Crippen LogP contribution in [0.3, 0.4) is 0 Å². The maximum absolute atomic E-state index is 3.45. The number of rotatable bonds is 6. The fourth-order valence-corrected chi connectivity index (χ4v) is 18.6. The standard InChI is InChI=1S/C48H34GeN2/c1-4-17-35(18-5-1)49(36-19-6-2-7-20-36,37-21-8-3-9-22-37)38-23-16-24-39(33-38)50-47-30-15-12-27-43(47)44-34-40(31-32-48(44)50)51-45-28-13-10-25-41(45)42-26-11-14-29-46(42)51/h1-34H. The Labute approximate surface area is 299 Å². The molecule has 2 heterocycles. The number of benzene rings is 8. The molecular weight excluding hydrogens is 677 g/mol. The van der Waals surface area contributed by atoms with E-state index in [1.165, 1.54) is 72.6 Å². The van der Waals surface area contributed by atoms with Crippen LogP contribution >= 0.6 is 0 Å². The van der Waals surface area contributed by atoms with Crippen molar-refractivity contribution < 1.29 is 0 Å². The third-order valence-corrected chi connectivity index (χ3v) is 20.7. The SMILES string of the molecule is c1cc[c]([Ge]([c]2ccccc2)([c]2ccccc2)[c]2cccc(-n3c4ccccc4c4cc(-n5c6ccccc6c6ccccc65)ccc43)c2)cc1. The molecule has 0 atom stereocenters. The molecule has 0 N–H and O–H groups in total. The minimum atomic E-state index is -3.45. The fourth-order valence-electron chi connectivity index (χ4n) is 8.52. The van der Waals surface area contributed by atoms with Gasteiger partial charge in [-0.2, -0.15) is 0 Å². The molecule has 0 radical (unpaired) electrons. The van der Waals surface area contributed by atoms with Crippen LogP contribution in [0.25, 0.3) is 55.0 Å². The fraction of sp³-hybridized carbons (Fsp3) is 0. The number of hydrogen-bond donors (Lipinski definition) is 0. The number of nitrogens with zero attached hydrogens (tertiary/aromatic N) is 2. The molecule has 8 aromatic carbocycles. The molecule has 0 aliphatic carbocycles. The van der Waals surface area contributed by atoms with Crippen LogP contribution in [-0.2, 0) is 0 Å². The summed E-state index contributed by atoms with van der Waals surface area (Å²) >= 11 is -3.45. The minimum absolute atomic E-state index is 1.17. The second-order valence-corrected chi connectivity index (χ2v) is 21.3. The van der Waals surface area contributed by atoms with Gasteiger partial charge in [0.15, 0.2) is 0 Å². The van der Waals surface area contributed by atoms with Crippen LogP contribution in [0.4, 0.5) is 0 Å². The molecule has 2 nitrogen and oxygen atoms in total. The zero-order valence-corrected chi connectivity index (χ0v) is 30.1. The first-order chi connectivity index (χ1) is 25.3. The Hall–Kier alpha value is -6.10. The molecule has 0 saturated carbocycles. The van der Waals surface area contributed by atoms with Crippen molar-refractivity contribution in [1.82, 2.24) is 9.13 Å². The van der Waals surface area contributed by atoms with E-state index in [9.17, 15) is 0 Å². The van der Waals surface area contributed by atoms with Crippen molar-refractivity contribution in [2.24, 2.45) is 0 Å². The van der Waals surface area contributed by atoms with E-state index >= 15 is 0 Å². The molecule has 0 bridgehead atoms. The molecule has 0 fully saturated rings. The van der Waals surface area contributed by atoms with E-state index in [0.717, 1.165) is 0 Å². The summed E-state index contributed by atoms with van der Waals surface area (Å²) in [6.07, 6.45) is 0. The quantitative estimate of drug-likeness (QED) is 0.152. The Morgan fingerprint density at radius 2 is 0.627 bits per heavy atom. The van der Waals surface area contributed by atoms with E-state index in [-0.39, 0.29) is 0 Å². The molecule has 0 saturated heterocycles. The van der Waals surface area contributed by atoms with Gasteiger partial charge in [-0.25, -0.2) is 0 Å². The zero-order chi connectivity index (χ0) is 33.8. The van der Waals surface area contributed by atoms with Crippen LogP contribution in [0, 0.1) is 0 Å². The Morgan fingerprint density at radius 1 is 0.255 bits per heavy atom. The molecule has 240 valence electrons. The van der Waals surface area contributed by atoms with Crippen LogP contribution in [0.1, 0.15) is 0 Å². The predicted octanol–water partition coefficient (Wildman–Crippen LogP) is 9.26. The summed E-state index contributed by atoms with van der Waals surface area (Å²) in [5.74, 6) is 0. The van der Waals surface area contributed by atoms with Gasteiger partial charge in [0, 0.05) is 0 Å². The third-order valence-electron chi connectivity index (χ3n) is 10.7. The third kappa shape index (κ3) is 4.57. The molecule has 10 rings (SSSR count). The molecule has 10 aromatic rings. The summed E-state index contributed by atoms with van der Waals surface area (Å²) < 4.78 is 10.6. The van der Waals surface area contributed by atoms with E-state index in [0.29, 0.717) is 0 Å². The van der Waals surface area contributed by atoms with Crippen LogP contribution in [0.5, 0.6) is 0 Å². The van der Waals surface area contributed by atoms with Gasteiger partial charge in [0.25, 0.3) is 0 Å². The summed E-state index contributed by atoms with van der Waals surface area (Å²) in [6.45, 7) is 0. The summed E-state index contributed by atoms with van der Waals surface area (Å²) in [4.78, 5) is 0. The number of aromatic nitrogens is 2. The van der Waals surface area contributed by atoms with Crippen LogP contribution in [-0.4, -0.2) is 22.4 Å². The van der Waals surface area contributed by atoms with Crippen molar-refractivity contribution in [3.63, 3.8) is 0 Å². The summed E-state index contributed by atoms with van der Waals surface area (Å²) in [5, 5.41) is 5.05. The van der Waals surface area contributed by atoms with Gasteiger partial charge in [0.1, 0.15) is 0 Å². The van der Waals surface area contributed by atoms with Crippen LogP contribution < -0.4 is 17.6 Å². The summed E-state index contributed by atoms with van der Waals surface area (Å²) in [7, 11) is 0. The zero-order valence-electron chi connectivity index (χ0n) is 28.0. The van der Waals surface area contributed by atoms with Gasteiger partial charge < -0.3 is 0 Å². The van der Waals surface area contributed by atoms with Gasteiger partial charge in [-0.1, -0.05) is 12.1 Å². The Bertz CT molecular complexity index is 2700. The molecule has 2 aromatic heterocycles. The van der Waals surface area contributed by atoms with Crippen molar-refractivity contribution in [2.75, 3.05) is 0 Å². The second kappa shape index (κ2) is 12.0. The van der Waals surface area contributed by atoms with E-state index in [2.05, 4.69) is 215 Å². The van der Waals surface area contributed by atoms with E-state index in [1.807, 2.05) is 0 Å². The monoisotopic (exact) mass is 712 g/mol. The summed E-state index contributed by atoms with van der Waals surface area (Å²) in [5.41, 5.74) is 7.21. The van der Waals surface area contributed by atoms with Gasteiger partial charge in [0.05, 0.1) is 0 Å². The second-order valence-electron chi connectivity index (χ2n) is 13.3. The molecule has 0 unspecified atom stereocenters. The van der Waals surface area contributed by atoms with Crippen molar-refractivity contribution in [3.05, 3.63) is 206 Å². The normalized spacial score (nSPS) is 11.9. The molecule has 51 heavy (non-hydrogen) atoms. The van der Waals surface area contributed by atoms with Gasteiger partial charge in [-0.15, -0.1) is 0 Å². The number of fused-ring (bicyclic) bond motifs is 6. The van der Waals surface area contributed by atoms with E-state index < -0.39 is 13.3 Å². The van der Waals surface area contributed by atoms with Crippen molar-refractivity contribution in [3.8, 4) is 11.4 Å². The summed E-state index contributed by atoms with van der Waals surface area (Å²) in [6, 6.07) is 76.5.